The topological polar surface area (TPSA) is 43.4 Å². The Morgan fingerprint density at radius 2 is 1.68 bits per heavy atom. The van der Waals surface area contributed by atoms with Crippen molar-refractivity contribution < 1.29 is 12.8 Å². The maximum atomic E-state index is 13.2. The van der Waals surface area contributed by atoms with Gasteiger partial charge in [0.05, 0.1) is 10.1 Å². The van der Waals surface area contributed by atoms with Gasteiger partial charge in [-0.15, -0.1) is 0 Å². The summed E-state index contributed by atoms with van der Waals surface area (Å²) >= 11 is 0. The third kappa shape index (κ3) is 4.44. The quantitative estimate of drug-likeness (QED) is 0.482. The van der Waals surface area contributed by atoms with Gasteiger partial charge in [0.2, 0.25) is 0 Å². The van der Waals surface area contributed by atoms with Crippen molar-refractivity contribution in [2.75, 3.05) is 0 Å². The SMILES string of the molecule is CC[Si](CC)(CC)OC1CCC=CC(S(=O)(=O)c2ccccc2)C1C. The molecule has 3 nitrogen and oxygen atoms in total. The average molecular weight is 381 g/mol. The fraction of sp³-hybridized carbons (Fsp3) is 0.600. The first-order chi connectivity index (χ1) is 11.9. The molecule has 1 aliphatic rings. The highest BCUT2D eigenvalue weighted by atomic mass is 32.2. The highest BCUT2D eigenvalue weighted by molar-refractivity contribution is 7.92. The van der Waals surface area contributed by atoms with E-state index in [1.165, 1.54) is 0 Å². The summed E-state index contributed by atoms with van der Waals surface area (Å²) in [5.41, 5.74) is 0. The van der Waals surface area contributed by atoms with E-state index in [1.54, 1.807) is 24.3 Å². The second kappa shape index (κ2) is 8.65. The van der Waals surface area contributed by atoms with E-state index in [0.717, 1.165) is 31.0 Å². The summed E-state index contributed by atoms with van der Waals surface area (Å²) < 4.78 is 33.1. The summed E-state index contributed by atoms with van der Waals surface area (Å²) in [6.45, 7) is 8.71. The van der Waals surface area contributed by atoms with Gasteiger partial charge in [-0.3, -0.25) is 0 Å². The fourth-order valence-electron chi connectivity index (χ4n) is 3.78. The molecule has 2 rings (SSSR count). The molecule has 25 heavy (non-hydrogen) atoms. The van der Waals surface area contributed by atoms with Crippen molar-refractivity contribution in [2.24, 2.45) is 5.92 Å². The standard InChI is InChI=1S/C20H32O3SSi/c1-5-25(6-2,7-3)23-19-15-11-12-16-20(17(19)4)24(21,22)18-13-9-8-10-14-18/h8-10,12-14,16-17,19-20H,5-7,11,15H2,1-4H3. The van der Waals surface area contributed by atoms with Crippen LogP contribution in [0, 0.1) is 5.92 Å². The van der Waals surface area contributed by atoms with E-state index in [1.807, 2.05) is 25.1 Å². The van der Waals surface area contributed by atoms with Gasteiger partial charge in [0.1, 0.15) is 0 Å². The van der Waals surface area contributed by atoms with Crippen LogP contribution in [0.3, 0.4) is 0 Å². The van der Waals surface area contributed by atoms with E-state index in [0.29, 0.717) is 4.90 Å². The molecule has 0 heterocycles. The summed E-state index contributed by atoms with van der Waals surface area (Å²) in [7, 11) is -5.15. The molecule has 0 saturated carbocycles. The first-order valence-corrected chi connectivity index (χ1v) is 13.6. The molecule has 0 amide bonds. The van der Waals surface area contributed by atoms with Crippen molar-refractivity contribution in [1.82, 2.24) is 0 Å². The molecule has 3 atom stereocenters. The Hall–Kier alpha value is -0.913. The van der Waals surface area contributed by atoms with Gasteiger partial charge < -0.3 is 4.43 Å². The molecule has 5 heteroatoms. The number of rotatable bonds is 7. The molecule has 1 aliphatic carbocycles. The van der Waals surface area contributed by atoms with Crippen molar-refractivity contribution in [1.29, 1.82) is 0 Å². The molecular weight excluding hydrogens is 348 g/mol. The number of hydrogen-bond acceptors (Lipinski definition) is 3. The van der Waals surface area contributed by atoms with Gasteiger partial charge in [0.25, 0.3) is 0 Å². The van der Waals surface area contributed by atoms with Crippen LogP contribution in [0.25, 0.3) is 0 Å². The van der Waals surface area contributed by atoms with Gasteiger partial charge in [-0.1, -0.05) is 58.0 Å². The molecule has 1 aromatic rings. The predicted molar refractivity (Wildman–Crippen MR) is 107 cm³/mol. The van der Waals surface area contributed by atoms with E-state index >= 15 is 0 Å². The lowest BCUT2D eigenvalue weighted by Crippen LogP contribution is -2.44. The average Bonchev–Trinajstić information content (AvgIpc) is 2.82. The molecule has 0 radical (unpaired) electrons. The molecule has 0 N–H and O–H groups in total. The van der Waals surface area contributed by atoms with Gasteiger partial charge in [-0.2, -0.15) is 0 Å². The minimum absolute atomic E-state index is 0.0185. The summed E-state index contributed by atoms with van der Waals surface area (Å²) in [6, 6.07) is 12.1. The van der Waals surface area contributed by atoms with E-state index in [-0.39, 0.29) is 12.0 Å². The second-order valence-corrected chi connectivity index (χ2v) is 13.9. The summed E-state index contributed by atoms with van der Waals surface area (Å²) in [4.78, 5) is 0.405. The molecule has 0 bridgehead atoms. The minimum Gasteiger partial charge on any atom is -0.414 e. The van der Waals surface area contributed by atoms with E-state index < -0.39 is 23.4 Å². The van der Waals surface area contributed by atoms with E-state index in [2.05, 4.69) is 20.8 Å². The van der Waals surface area contributed by atoms with Gasteiger partial charge >= 0.3 is 0 Å². The Labute approximate surface area is 154 Å². The highest BCUT2D eigenvalue weighted by Gasteiger charge is 2.40. The summed E-state index contributed by atoms with van der Waals surface area (Å²) in [5.74, 6) is -0.0412. The Balaban J connectivity index is 2.31. The molecule has 0 aromatic heterocycles. The van der Waals surface area contributed by atoms with Crippen molar-refractivity contribution in [2.45, 2.75) is 74.9 Å². The zero-order chi connectivity index (χ0) is 18.5. The third-order valence-electron chi connectivity index (χ3n) is 5.81. The molecule has 1 aromatic carbocycles. The lowest BCUT2D eigenvalue weighted by atomic mass is 10.00. The van der Waals surface area contributed by atoms with Crippen LogP contribution in [0.4, 0.5) is 0 Å². The lowest BCUT2D eigenvalue weighted by molar-refractivity contribution is 0.126. The van der Waals surface area contributed by atoms with Crippen LogP contribution in [0.2, 0.25) is 18.1 Å². The van der Waals surface area contributed by atoms with Crippen LogP contribution in [-0.2, 0) is 14.3 Å². The monoisotopic (exact) mass is 380 g/mol. The van der Waals surface area contributed by atoms with E-state index in [4.69, 9.17) is 4.43 Å². The smallest absolute Gasteiger partial charge is 0.192 e. The van der Waals surface area contributed by atoms with Crippen LogP contribution < -0.4 is 0 Å². The van der Waals surface area contributed by atoms with Crippen LogP contribution in [-0.4, -0.2) is 28.1 Å². The first kappa shape index (κ1) is 20.4. The van der Waals surface area contributed by atoms with Gasteiger partial charge in [-0.05, 0) is 43.1 Å². The van der Waals surface area contributed by atoms with Gasteiger partial charge in [0, 0.05) is 12.0 Å². The zero-order valence-electron chi connectivity index (χ0n) is 15.9. The van der Waals surface area contributed by atoms with Gasteiger partial charge in [0.15, 0.2) is 18.2 Å². The minimum atomic E-state index is -3.39. The molecule has 0 saturated heterocycles. The van der Waals surface area contributed by atoms with Crippen molar-refractivity contribution in [3.8, 4) is 0 Å². The number of sulfone groups is 1. The Kier molecular flexibility index (Phi) is 7.06. The number of benzene rings is 1. The van der Waals surface area contributed by atoms with Crippen LogP contribution >= 0.6 is 0 Å². The summed E-state index contributed by atoms with van der Waals surface area (Å²) in [6.07, 6.45) is 5.73. The van der Waals surface area contributed by atoms with Crippen LogP contribution in [0.5, 0.6) is 0 Å². The predicted octanol–water partition coefficient (Wildman–Crippen LogP) is 5.21. The third-order valence-corrected chi connectivity index (χ3v) is 12.7. The van der Waals surface area contributed by atoms with Crippen LogP contribution in [0.1, 0.15) is 40.5 Å². The Bertz CT molecular complexity index is 657. The maximum absolute atomic E-state index is 13.2. The number of hydrogen-bond donors (Lipinski definition) is 0. The Morgan fingerprint density at radius 3 is 2.24 bits per heavy atom. The number of allylic oxidation sites excluding steroid dienone is 1. The highest BCUT2D eigenvalue weighted by Crippen LogP contribution is 2.34. The fourth-order valence-corrected chi connectivity index (χ4v) is 8.67. The Morgan fingerprint density at radius 1 is 1.08 bits per heavy atom. The largest absolute Gasteiger partial charge is 0.414 e. The molecule has 3 unspecified atom stereocenters. The molecule has 140 valence electrons. The normalized spacial score (nSPS) is 24.9. The summed E-state index contributed by atoms with van der Waals surface area (Å²) in [5, 5.41) is -0.514. The van der Waals surface area contributed by atoms with Crippen molar-refractivity contribution in [3.63, 3.8) is 0 Å². The first-order valence-electron chi connectivity index (χ1n) is 9.53. The van der Waals surface area contributed by atoms with Gasteiger partial charge in [-0.25, -0.2) is 8.42 Å². The second-order valence-electron chi connectivity index (χ2n) is 7.09. The van der Waals surface area contributed by atoms with Crippen LogP contribution in [0.15, 0.2) is 47.4 Å². The zero-order valence-corrected chi connectivity index (χ0v) is 17.8. The molecular formula is C20H32O3SSi. The molecule has 0 fully saturated rings. The van der Waals surface area contributed by atoms with Crippen molar-refractivity contribution in [3.05, 3.63) is 42.5 Å². The molecule has 0 spiro atoms. The lowest BCUT2D eigenvalue weighted by Gasteiger charge is -2.37. The van der Waals surface area contributed by atoms with E-state index in [9.17, 15) is 8.42 Å². The maximum Gasteiger partial charge on any atom is 0.192 e. The molecule has 0 aliphatic heterocycles. The van der Waals surface area contributed by atoms with Crippen molar-refractivity contribution >= 4 is 18.2 Å².